The van der Waals surface area contributed by atoms with Crippen molar-refractivity contribution < 1.29 is 4.74 Å². The maximum Gasteiger partial charge on any atom is 0.221 e. The number of nitriles is 1. The molecule has 0 amide bonds. The van der Waals surface area contributed by atoms with Crippen LogP contribution in [-0.4, -0.2) is 4.98 Å². The normalized spacial score (nSPS) is 10.9. The summed E-state index contributed by atoms with van der Waals surface area (Å²) in [4.78, 5) is 4.04. The average Bonchev–Trinajstić information content (AvgIpc) is 2.37. The zero-order valence-electron chi connectivity index (χ0n) is 11.6. The summed E-state index contributed by atoms with van der Waals surface area (Å²) in [7, 11) is 0. The smallest absolute Gasteiger partial charge is 0.221 e. The number of ether oxygens (including phenoxy) is 1. The van der Waals surface area contributed by atoms with Crippen molar-refractivity contribution in [1.82, 2.24) is 4.98 Å². The number of rotatable bonds is 2. The van der Waals surface area contributed by atoms with E-state index in [2.05, 4.69) is 25.8 Å². The van der Waals surface area contributed by atoms with Gasteiger partial charge in [0.15, 0.2) is 0 Å². The van der Waals surface area contributed by atoms with Crippen molar-refractivity contribution in [2.24, 2.45) is 0 Å². The van der Waals surface area contributed by atoms with Crippen molar-refractivity contribution in [3.8, 4) is 17.7 Å². The monoisotopic (exact) mass is 286 g/mol. The number of aromatic nitrogens is 1. The summed E-state index contributed by atoms with van der Waals surface area (Å²) in [6.45, 7) is 6.46. The van der Waals surface area contributed by atoms with E-state index in [9.17, 15) is 0 Å². The van der Waals surface area contributed by atoms with E-state index in [1.54, 1.807) is 6.07 Å². The van der Waals surface area contributed by atoms with Crippen LogP contribution in [0.2, 0.25) is 5.15 Å². The largest absolute Gasteiger partial charge is 0.439 e. The first-order valence-corrected chi connectivity index (χ1v) is 6.62. The molecule has 3 nitrogen and oxygen atoms in total. The minimum absolute atomic E-state index is 0.0980. The van der Waals surface area contributed by atoms with Crippen LogP contribution in [0.15, 0.2) is 36.4 Å². The first-order valence-electron chi connectivity index (χ1n) is 6.24. The average molecular weight is 287 g/mol. The SMILES string of the molecule is CC(C)(C)c1ccc(Oc2cc(C#N)cc(Cl)n2)cc1. The van der Waals surface area contributed by atoms with Crippen LogP contribution in [0.3, 0.4) is 0 Å². The Morgan fingerprint density at radius 2 is 1.80 bits per heavy atom. The fourth-order valence-corrected chi connectivity index (χ4v) is 1.93. The Bertz CT molecular complexity index is 652. The molecule has 0 radical (unpaired) electrons. The molecule has 0 unspecified atom stereocenters. The summed E-state index contributed by atoms with van der Waals surface area (Å²) < 4.78 is 5.62. The van der Waals surface area contributed by atoms with E-state index in [0.717, 1.165) is 0 Å². The van der Waals surface area contributed by atoms with E-state index in [0.29, 0.717) is 17.2 Å². The van der Waals surface area contributed by atoms with Crippen LogP contribution in [0.25, 0.3) is 0 Å². The van der Waals surface area contributed by atoms with Crippen molar-refractivity contribution in [3.05, 3.63) is 52.7 Å². The lowest BCUT2D eigenvalue weighted by Crippen LogP contribution is -2.10. The van der Waals surface area contributed by atoms with Crippen LogP contribution in [-0.2, 0) is 5.41 Å². The van der Waals surface area contributed by atoms with Gasteiger partial charge >= 0.3 is 0 Å². The van der Waals surface area contributed by atoms with E-state index in [1.807, 2.05) is 30.3 Å². The fourth-order valence-electron chi connectivity index (χ4n) is 1.73. The first kappa shape index (κ1) is 14.4. The van der Waals surface area contributed by atoms with Gasteiger partial charge in [0.1, 0.15) is 10.9 Å². The standard InChI is InChI=1S/C16H15ClN2O/c1-16(2,3)12-4-6-13(7-5-12)20-15-9-11(10-18)8-14(17)19-15/h4-9H,1-3H3. The molecule has 0 aliphatic rings. The highest BCUT2D eigenvalue weighted by atomic mass is 35.5. The van der Waals surface area contributed by atoms with Crippen LogP contribution >= 0.6 is 11.6 Å². The lowest BCUT2D eigenvalue weighted by atomic mass is 9.87. The van der Waals surface area contributed by atoms with Gasteiger partial charge in [0.2, 0.25) is 5.88 Å². The second-order valence-corrected chi connectivity index (χ2v) is 5.89. The summed E-state index contributed by atoms with van der Waals surface area (Å²) in [6, 6.07) is 12.9. The highest BCUT2D eigenvalue weighted by Crippen LogP contribution is 2.27. The summed E-state index contributed by atoms with van der Waals surface area (Å²) in [5, 5.41) is 9.13. The van der Waals surface area contributed by atoms with Gasteiger partial charge in [0, 0.05) is 6.07 Å². The first-order chi connectivity index (χ1) is 9.38. The third-order valence-electron chi connectivity index (χ3n) is 2.84. The maximum atomic E-state index is 8.89. The predicted molar refractivity (Wildman–Crippen MR) is 79.2 cm³/mol. The van der Waals surface area contributed by atoms with Crippen molar-refractivity contribution >= 4 is 11.6 Å². The molecule has 1 heterocycles. The van der Waals surface area contributed by atoms with Gasteiger partial charge in [-0.2, -0.15) is 5.26 Å². The molecule has 0 N–H and O–H groups in total. The molecule has 1 aromatic carbocycles. The third-order valence-corrected chi connectivity index (χ3v) is 3.04. The molecule has 0 aliphatic heterocycles. The minimum atomic E-state index is 0.0980. The summed E-state index contributed by atoms with van der Waals surface area (Å²) in [6.07, 6.45) is 0. The van der Waals surface area contributed by atoms with Crippen LogP contribution in [0.5, 0.6) is 11.6 Å². The molecule has 2 aromatic rings. The number of hydrogen-bond donors (Lipinski definition) is 0. The van der Waals surface area contributed by atoms with Gasteiger partial charge in [-0.1, -0.05) is 44.5 Å². The number of pyridine rings is 1. The third kappa shape index (κ3) is 3.49. The highest BCUT2D eigenvalue weighted by Gasteiger charge is 2.13. The second kappa shape index (κ2) is 5.52. The van der Waals surface area contributed by atoms with E-state index in [4.69, 9.17) is 21.6 Å². The molecule has 20 heavy (non-hydrogen) atoms. The van der Waals surface area contributed by atoms with E-state index >= 15 is 0 Å². The van der Waals surface area contributed by atoms with Gasteiger partial charge in [-0.25, -0.2) is 4.98 Å². The van der Waals surface area contributed by atoms with E-state index in [1.165, 1.54) is 11.6 Å². The molecule has 4 heteroatoms. The molecule has 0 fully saturated rings. The molecule has 0 saturated heterocycles. The van der Waals surface area contributed by atoms with Crippen LogP contribution in [0.4, 0.5) is 0 Å². The highest BCUT2D eigenvalue weighted by molar-refractivity contribution is 6.29. The molecular weight excluding hydrogens is 272 g/mol. The predicted octanol–water partition coefficient (Wildman–Crippen LogP) is 4.70. The van der Waals surface area contributed by atoms with Crippen LogP contribution in [0.1, 0.15) is 31.9 Å². The number of hydrogen-bond acceptors (Lipinski definition) is 3. The Morgan fingerprint density at radius 1 is 1.15 bits per heavy atom. The Balaban J connectivity index is 2.23. The van der Waals surface area contributed by atoms with Crippen molar-refractivity contribution in [2.45, 2.75) is 26.2 Å². The number of benzene rings is 1. The topological polar surface area (TPSA) is 45.9 Å². The summed E-state index contributed by atoms with van der Waals surface area (Å²) in [5.74, 6) is 0.981. The summed E-state index contributed by atoms with van der Waals surface area (Å²) in [5.41, 5.74) is 1.74. The second-order valence-electron chi connectivity index (χ2n) is 5.51. The molecule has 0 bridgehead atoms. The van der Waals surface area contributed by atoms with Crippen molar-refractivity contribution in [2.75, 3.05) is 0 Å². The molecule has 1 aromatic heterocycles. The zero-order chi connectivity index (χ0) is 14.8. The molecule has 0 saturated carbocycles. The van der Waals surface area contributed by atoms with Gasteiger partial charge in [-0.3, -0.25) is 0 Å². The van der Waals surface area contributed by atoms with Gasteiger partial charge in [-0.15, -0.1) is 0 Å². The van der Waals surface area contributed by atoms with Gasteiger partial charge in [0.25, 0.3) is 0 Å². The van der Waals surface area contributed by atoms with E-state index in [-0.39, 0.29) is 10.6 Å². The maximum absolute atomic E-state index is 8.89. The Hall–Kier alpha value is -2.05. The van der Waals surface area contributed by atoms with Gasteiger partial charge < -0.3 is 4.74 Å². The molecule has 102 valence electrons. The Kier molecular flexibility index (Phi) is 3.96. The molecule has 0 atom stereocenters. The van der Waals surface area contributed by atoms with Crippen molar-refractivity contribution in [3.63, 3.8) is 0 Å². The molecule has 0 aliphatic carbocycles. The fraction of sp³-hybridized carbons (Fsp3) is 0.250. The Morgan fingerprint density at radius 3 is 2.35 bits per heavy atom. The molecule has 2 rings (SSSR count). The summed E-state index contributed by atoms with van der Waals surface area (Å²) >= 11 is 5.84. The zero-order valence-corrected chi connectivity index (χ0v) is 12.4. The minimum Gasteiger partial charge on any atom is -0.439 e. The lowest BCUT2D eigenvalue weighted by Gasteiger charge is -2.19. The van der Waals surface area contributed by atoms with E-state index < -0.39 is 0 Å². The van der Waals surface area contributed by atoms with Gasteiger partial charge in [0.05, 0.1) is 11.6 Å². The van der Waals surface area contributed by atoms with Crippen LogP contribution < -0.4 is 4.74 Å². The number of halogens is 1. The number of nitrogens with zero attached hydrogens (tertiary/aromatic N) is 2. The van der Waals surface area contributed by atoms with Gasteiger partial charge in [-0.05, 0) is 29.2 Å². The molecular formula is C16H15ClN2O. The quantitative estimate of drug-likeness (QED) is 0.752. The molecule has 0 spiro atoms. The Labute approximate surface area is 123 Å². The van der Waals surface area contributed by atoms with Crippen LogP contribution in [0, 0.1) is 11.3 Å². The lowest BCUT2D eigenvalue weighted by molar-refractivity contribution is 0.462. The van der Waals surface area contributed by atoms with Crippen molar-refractivity contribution in [1.29, 1.82) is 5.26 Å².